The predicted octanol–water partition coefficient (Wildman–Crippen LogP) is 4.33. The summed E-state index contributed by atoms with van der Waals surface area (Å²) in [6, 6.07) is 15.9. The van der Waals surface area contributed by atoms with Crippen LogP contribution in [-0.4, -0.2) is 45.7 Å². The van der Waals surface area contributed by atoms with Gasteiger partial charge in [-0.25, -0.2) is 5.43 Å². The second-order valence-electron chi connectivity index (χ2n) is 6.72. The van der Waals surface area contributed by atoms with Gasteiger partial charge in [0.2, 0.25) is 0 Å². The van der Waals surface area contributed by atoms with E-state index in [9.17, 15) is 4.79 Å². The van der Waals surface area contributed by atoms with Crippen molar-refractivity contribution < 1.29 is 4.79 Å². The maximum absolute atomic E-state index is 12.1. The molecule has 3 rings (SSSR count). The molecule has 31 heavy (non-hydrogen) atoms. The van der Waals surface area contributed by atoms with Crippen LogP contribution < -0.4 is 10.3 Å². The van der Waals surface area contributed by atoms with Crippen molar-refractivity contribution in [3.63, 3.8) is 0 Å². The standard InChI is InChI=1S/C22H25BrN6OS/c1-4-29(5-2)19-12-6-16(7-13-19)14-24-25-20(30)15-31-22-27-26-21(28(22)3)17-8-10-18(23)11-9-17/h6-14H,4-5,15H2,1-3H3,(H,25,30)/b24-14+. The Labute approximate surface area is 195 Å². The molecule has 1 heterocycles. The first-order valence-corrected chi connectivity index (χ1v) is 11.7. The number of hydrogen-bond donors (Lipinski definition) is 1. The first kappa shape index (κ1) is 23.0. The van der Waals surface area contributed by atoms with Crippen LogP contribution in [0.1, 0.15) is 19.4 Å². The molecule has 0 saturated heterocycles. The van der Waals surface area contributed by atoms with Gasteiger partial charge in [0.05, 0.1) is 12.0 Å². The molecule has 0 aliphatic carbocycles. The van der Waals surface area contributed by atoms with Crippen molar-refractivity contribution in [1.82, 2.24) is 20.2 Å². The highest BCUT2D eigenvalue weighted by atomic mass is 79.9. The van der Waals surface area contributed by atoms with Crippen molar-refractivity contribution in [3.8, 4) is 11.4 Å². The number of nitrogens with zero attached hydrogens (tertiary/aromatic N) is 5. The van der Waals surface area contributed by atoms with Crippen LogP contribution in [0.15, 0.2) is 63.3 Å². The van der Waals surface area contributed by atoms with Gasteiger partial charge in [-0.1, -0.05) is 52.0 Å². The minimum atomic E-state index is -0.200. The molecule has 0 saturated carbocycles. The Morgan fingerprint density at radius 2 is 1.81 bits per heavy atom. The predicted molar refractivity (Wildman–Crippen MR) is 131 cm³/mol. The Bertz CT molecular complexity index is 1030. The van der Waals surface area contributed by atoms with Crippen LogP contribution >= 0.6 is 27.7 Å². The van der Waals surface area contributed by atoms with Crippen LogP contribution in [0.4, 0.5) is 5.69 Å². The van der Waals surface area contributed by atoms with E-state index in [1.54, 1.807) is 6.21 Å². The lowest BCUT2D eigenvalue weighted by atomic mass is 10.2. The highest BCUT2D eigenvalue weighted by molar-refractivity contribution is 9.10. The molecule has 7 nitrogen and oxygen atoms in total. The van der Waals surface area contributed by atoms with Crippen LogP contribution in [0.25, 0.3) is 11.4 Å². The summed E-state index contributed by atoms with van der Waals surface area (Å²) >= 11 is 4.75. The van der Waals surface area contributed by atoms with Gasteiger partial charge in [-0.3, -0.25) is 4.79 Å². The molecule has 0 radical (unpaired) electrons. The molecular weight excluding hydrogens is 476 g/mol. The lowest BCUT2D eigenvalue weighted by Crippen LogP contribution is -2.21. The van der Waals surface area contributed by atoms with Crippen molar-refractivity contribution >= 4 is 45.5 Å². The largest absolute Gasteiger partial charge is 0.372 e. The number of hydrogen-bond acceptors (Lipinski definition) is 6. The number of carbonyl (C=O) groups excluding carboxylic acids is 1. The van der Waals surface area contributed by atoms with Crippen LogP contribution in [0, 0.1) is 0 Å². The highest BCUT2D eigenvalue weighted by Gasteiger charge is 2.12. The number of hydrazone groups is 1. The molecule has 0 unspecified atom stereocenters. The third-order valence-electron chi connectivity index (χ3n) is 4.69. The van der Waals surface area contributed by atoms with E-state index in [-0.39, 0.29) is 11.7 Å². The van der Waals surface area contributed by atoms with Gasteiger partial charge in [0.15, 0.2) is 11.0 Å². The van der Waals surface area contributed by atoms with Gasteiger partial charge in [-0.15, -0.1) is 10.2 Å². The summed E-state index contributed by atoms with van der Waals surface area (Å²) in [5.74, 6) is 0.751. The van der Waals surface area contributed by atoms with E-state index in [1.807, 2.05) is 48.0 Å². The molecule has 0 atom stereocenters. The fourth-order valence-electron chi connectivity index (χ4n) is 2.99. The van der Waals surface area contributed by atoms with Gasteiger partial charge in [0.25, 0.3) is 5.91 Å². The number of nitrogens with one attached hydrogen (secondary N) is 1. The molecule has 0 fully saturated rings. The molecule has 162 valence electrons. The minimum Gasteiger partial charge on any atom is -0.372 e. The Hall–Kier alpha value is -2.65. The monoisotopic (exact) mass is 500 g/mol. The molecule has 1 N–H and O–H groups in total. The first-order chi connectivity index (χ1) is 15.0. The normalized spacial score (nSPS) is 11.1. The summed E-state index contributed by atoms with van der Waals surface area (Å²) in [6.45, 7) is 6.20. The van der Waals surface area contributed by atoms with Gasteiger partial charge in [0.1, 0.15) is 0 Å². The van der Waals surface area contributed by atoms with Crippen molar-refractivity contribution in [2.45, 2.75) is 19.0 Å². The van der Waals surface area contributed by atoms with Crippen molar-refractivity contribution in [3.05, 3.63) is 58.6 Å². The fraction of sp³-hybridized carbons (Fsp3) is 0.273. The average Bonchev–Trinajstić information content (AvgIpc) is 3.15. The summed E-state index contributed by atoms with van der Waals surface area (Å²) in [7, 11) is 1.89. The van der Waals surface area contributed by atoms with Crippen LogP contribution in [0.3, 0.4) is 0 Å². The molecule has 0 aliphatic rings. The lowest BCUT2D eigenvalue weighted by molar-refractivity contribution is -0.118. The lowest BCUT2D eigenvalue weighted by Gasteiger charge is -2.20. The zero-order valence-corrected chi connectivity index (χ0v) is 20.2. The van der Waals surface area contributed by atoms with Gasteiger partial charge in [0, 0.05) is 35.9 Å². The number of thioether (sulfide) groups is 1. The summed E-state index contributed by atoms with van der Waals surface area (Å²) in [4.78, 5) is 14.4. The van der Waals surface area contributed by atoms with Crippen LogP contribution in [-0.2, 0) is 11.8 Å². The summed E-state index contributed by atoms with van der Waals surface area (Å²) in [5.41, 5.74) is 5.63. The quantitative estimate of drug-likeness (QED) is 0.268. The summed E-state index contributed by atoms with van der Waals surface area (Å²) in [5, 5.41) is 13.2. The number of carbonyl (C=O) groups is 1. The number of rotatable bonds is 9. The molecule has 0 spiro atoms. The Kier molecular flexibility index (Phi) is 8.25. The molecule has 9 heteroatoms. The van der Waals surface area contributed by atoms with Gasteiger partial charge < -0.3 is 9.47 Å². The smallest absolute Gasteiger partial charge is 0.250 e. The second-order valence-corrected chi connectivity index (χ2v) is 8.58. The zero-order valence-electron chi connectivity index (χ0n) is 17.7. The number of aromatic nitrogens is 3. The maximum atomic E-state index is 12.1. The van der Waals surface area contributed by atoms with Gasteiger partial charge >= 0.3 is 0 Å². The average molecular weight is 501 g/mol. The van der Waals surface area contributed by atoms with E-state index in [4.69, 9.17) is 0 Å². The van der Waals surface area contributed by atoms with Crippen LogP contribution in [0.5, 0.6) is 0 Å². The van der Waals surface area contributed by atoms with Gasteiger partial charge in [-0.2, -0.15) is 5.10 Å². The highest BCUT2D eigenvalue weighted by Crippen LogP contribution is 2.23. The van der Waals surface area contributed by atoms with E-state index in [1.165, 1.54) is 17.4 Å². The van der Waals surface area contributed by atoms with E-state index >= 15 is 0 Å². The zero-order chi connectivity index (χ0) is 22.2. The molecule has 2 aromatic carbocycles. The number of amides is 1. The van der Waals surface area contributed by atoms with Gasteiger partial charge in [-0.05, 0) is 43.7 Å². The number of halogens is 1. The van der Waals surface area contributed by atoms with E-state index < -0.39 is 0 Å². The van der Waals surface area contributed by atoms with Crippen molar-refractivity contribution in [1.29, 1.82) is 0 Å². The molecule has 1 amide bonds. The third-order valence-corrected chi connectivity index (χ3v) is 6.24. The molecule has 0 aliphatic heterocycles. The molecule has 1 aromatic heterocycles. The Morgan fingerprint density at radius 3 is 2.45 bits per heavy atom. The number of benzene rings is 2. The maximum Gasteiger partial charge on any atom is 0.250 e. The van der Waals surface area contributed by atoms with Crippen LogP contribution in [0.2, 0.25) is 0 Å². The second kappa shape index (κ2) is 11.1. The van der Waals surface area contributed by atoms with Crippen molar-refractivity contribution in [2.24, 2.45) is 12.1 Å². The molecule has 3 aromatic rings. The summed E-state index contributed by atoms with van der Waals surface area (Å²) in [6.07, 6.45) is 1.64. The topological polar surface area (TPSA) is 75.4 Å². The first-order valence-electron chi connectivity index (χ1n) is 9.96. The Morgan fingerprint density at radius 1 is 1.13 bits per heavy atom. The van der Waals surface area contributed by atoms with E-state index in [2.05, 4.69) is 67.5 Å². The summed E-state index contributed by atoms with van der Waals surface area (Å²) < 4.78 is 2.88. The Balaban J connectivity index is 1.51. The van der Waals surface area contributed by atoms with E-state index in [0.717, 1.165) is 34.5 Å². The molecule has 0 bridgehead atoms. The molecular formula is C22H25BrN6OS. The minimum absolute atomic E-state index is 0.199. The van der Waals surface area contributed by atoms with E-state index in [0.29, 0.717) is 5.16 Å². The third kappa shape index (κ3) is 6.18. The fourth-order valence-corrected chi connectivity index (χ4v) is 3.96. The number of anilines is 1. The van der Waals surface area contributed by atoms with Crippen molar-refractivity contribution in [2.75, 3.05) is 23.7 Å². The SMILES string of the molecule is CCN(CC)c1ccc(/C=N/NC(=O)CSc2nnc(-c3ccc(Br)cc3)n2C)cc1.